The number of thioether (sulfide) groups is 1. The fourth-order valence-electron chi connectivity index (χ4n) is 1.91. The first-order valence-electron chi connectivity index (χ1n) is 6.08. The van der Waals surface area contributed by atoms with Crippen LogP contribution in [0.2, 0.25) is 0 Å². The lowest BCUT2D eigenvalue weighted by atomic mass is 10.0. The lowest BCUT2D eigenvalue weighted by molar-refractivity contribution is -0.385. The van der Waals surface area contributed by atoms with Crippen LogP contribution in [0.4, 0.5) is 5.69 Å². The molecule has 8 heteroatoms. The number of nitro benzene ring substituents is 1. The van der Waals surface area contributed by atoms with Crippen molar-refractivity contribution in [1.82, 2.24) is 5.32 Å². The number of amides is 2. The number of carbonyl (C=O) groups is 2. The van der Waals surface area contributed by atoms with Crippen LogP contribution in [-0.4, -0.2) is 34.3 Å². The largest absolute Gasteiger partial charge is 0.365 e. The molecule has 0 bridgehead atoms. The van der Waals surface area contributed by atoms with Gasteiger partial charge in [0.25, 0.3) is 17.5 Å². The summed E-state index contributed by atoms with van der Waals surface area (Å²) in [4.78, 5) is 34.0. The van der Waals surface area contributed by atoms with E-state index >= 15 is 0 Å². The van der Waals surface area contributed by atoms with E-state index in [1.54, 1.807) is 11.8 Å². The third kappa shape index (κ3) is 4.19. The summed E-state index contributed by atoms with van der Waals surface area (Å²) < 4.78 is 0. The summed E-state index contributed by atoms with van der Waals surface area (Å²) in [5, 5.41) is 13.7. The maximum Gasteiger partial charge on any atom is 0.282 e. The maximum absolute atomic E-state index is 12.3. The minimum Gasteiger partial charge on any atom is -0.365 e. The highest BCUT2D eigenvalue weighted by Gasteiger charge is 2.28. The zero-order valence-corrected chi connectivity index (χ0v) is 12.8. The van der Waals surface area contributed by atoms with E-state index in [-0.39, 0.29) is 11.1 Å². The number of primary amides is 1. The average Bonchev–Trinajstić information content (AvgIpc) is 2.36. The van der Waals surface area contributed by atoms with E-state index in [9.17, 15) is 19.7 Å². The number of nitrogens with two attached hydrogens (primary N) is 1. The van der Waals surface area contributed by atoms with Crippen molar-refractivity contribution in [2.24, 2.45) is 5.73 Å². The van der Waals surface area contributed by atoms with Crippen LogP contribution in [0.25, 0.3) is 0 Å². The second-order valence-electron chi connectivity index (χ2n) is 5.09. The second kappa shape index (κ2) is 6.57. The summed E-state index contributed by atoms with van der Waals surface area (Å²) in [6.45, 7) is 3.64. The van der Waals surface area contributed by atoms with E-state index in [2.05, 4.69) is 5.32 Å². The summed E-state index contributed by atoms with van der Waals surface area (Å²) in [6.07, 6.45) is 1.90. The highest BCUT2D eigenvalue weighted by atomic mass is 32.2. The predicted molar refractivity (Wildman–Crippen MR) is 81.5 cm³/mol. The molecule has 0 aliphatic rings. The SMILES string of the molecule is CSCC(C)(C)NC(=O)c1cccc([N+](=O)[O-])c1C(N)=O. The van der Waals surface area contributed by atoms with Gasteiger partial charge >= 0.3 is 0 Å². The molecule has 0 aliphatic carbocycles. The smallest absolute Gasteiger partial charge is 0.282 e. The van der Waals surface area contributed by atoms with Gasteiger partial charge in [0.2, 0.25) is 0 Å². The average molecular weight is 311 g/mol. The molecule has 1 aromatic rings. The van der Waals surface area contributed by atoms with Gasteiger partial charge in [0.1, 0.15) is 5.56 Å². The van der Waals surface area contributed by atoms with Crippen molar-refractivity contribution in [3.8, 4) is 0 Å². The molecule has 0 unspecified atom stereocenters. The standard InChI is InChI=1S/C13H17N3O4S/c1-13(2,7-21-3)15-12(18)8-5-4-6-9(16(19)20)10(8)11(14)17/h4-6H,7H2,1-3H3,(H2,14,17)(H,15,18). The molecule has 1 rings (SSSR count). The highest BCUT2D eigenvalue weighted by Crippen LogP contribution is 2.22. The van der Waals surface area contributed by atoms with Crippen molar-refractivity contribution >= 4 is 29.3 Å². The summed E-state index contributed by atoms with van der Waals surface area (Å²) in [5.41, 5.74) is 3.73. The van der Waals surface area contributed by atoms with Crippen molar-refractivity contribution in [3.63, 3.8) is 0 Å². The van der Waals surface area contributed by atoms with E-state index < -0.39 is 28.0 Å². The molecule has 0 heterocycles. The van der Waals surface area contributed by atoms with Gasteiger partial charge in [0, 0.05) is 17.4 Å². The van der Waals surface area contributed by atoms with E-state index in [0.29, 0.717) is 5.75 Å². The fraction of sp³-hybridized carbons (Fsp3) is 0.385. The number of benzene rings is 1. The Hall–Kier alpha value is -2.09. The minimum atomic E-state index is -1.00. The number of hydrogen-bond acceptors (Lipinski definition) is 5. The van der Waals surface area contributed by atoms with Crippen molar-refractivity contribution in [3.05, 3.63) is 39.4 Å². The van der Waals surface area contributed by atoms with Crippen molar-refractivity contribution in [2.75, 3.05) is 12.0 Å². The summed E-state index contributed by atoms with van der Waals surface area (Å²) in [5.74, 6) is -0.916. The molecule has 3 N–H and O–H groups in total. The Kier molecular flexibility index (Phi) is 5.31. The van der Waals surface area contributed by atoms with Crippen LogP contribution >= 0.6 is 11.8 Å². The van der Waals surface area contributed by atoms with Gasteiger partial charge in [-0.05, 0) is 26.2 Å². The number of nitro groups is 1. The van der Waals surface area contributed by atoms with Crippen LogP contribution in [-0.2, 0) is 0 Å². The molecule has 7 nitrogen and oxygen atoms in total. The lowest BCUT2D eigenvalue weighted by Gasteiger charge is -2.25. The van der Waals surface area contributed by atoms with E-state index in [1.165, 1.54) is 12.1 Å². The van der Waals surface area contributed by atoms with Gasteiger partial charge in [-0.3, -0.25) is 19.7 Å². The lowest BCUT2D eigenvalue weighted by Crippen LogP contribution is -2.46. The fourth-order valence-corrected chi connectivity index (χ4v) is 2.71. The summed E-state index contributed by atoms with van der Waals surface area (Å²) in [7, 11) is 0. The monoisotopic (exact) mass is 311 g/mol. The first-order valence-corrected chi connectivity index (χ1v) is 7.47. The van der Waals surface area contributed by atoms with E-state index in [4.69, 9.17) is 5.73 Å². The normalized spacial score (nSPS) is 11.0. The number of carbonyl (C=O) groups excluding carboxylic acids is 2. The summed E-state index contributed by atoms with van der Waals surface area (Å²) >= 11 is 1.55. The Morgan fingerprint density at radius 3 is 2.52 bits per heavy atom. The van der Waals surface area contributed by atoms with Crippen LogP contribution in [0.5, 0.6) is 0 Å². The molecular weight excluding hydrogens is 294 g/mol. The van der Waals surface area contributed by atoms with Gasteiger partial charge in [-0.25, -0.2) is 0 Å². The molecule has 0 radical (unpaired) electrons. The molecule has 114 valence electrons. The van der Waals surface area contributed by atoms with Gasteiger partial charge in [0.15, 0.2) is 0 Å². The number of nitrogens with one attached hydrogen (secondary N) is 1. The molecule has 21 heavy (non-hydrogen) atoms. The van der Waals surface area contributed by atoms with E-state index in [1.807, 2.05) is 20.1 Å². The van der Waals surface area contributed by atoms with Crippen LogP contribution in [0.3, 0.4) is 0 Å². The third-order valence-electron chi connectivity index (χ3n) is 2.69. The Balaban J connectivity index is 3.24. The zero-order chi connectivity index (χ0) is 16.2. The zero-order valence-electron chi connectivity index (χ0n) is 12.0. The second-order valence-corrected chi connectivity index (χ2v) is 5.96. The highest BCUT2D eigenvalue weighted by molar-refractivity contribution is 7.98. The van der Waals surface area contributed by atoms with E-state index in [0.717, 1.165) is 6.07 Å². The van der Waals surface area contributed by atoms with Gasteiger partial charge in [0.05, 0.1) is 10.5 Å². The molecule has 0 saturated carbocycles. The molecule has 1 aromatic carbocycles. The van der Waals surface area contributed by atoms with Crippen LogP contribution in [0.1, 0.15) is 34.6 Å². The summed E-state index contributed by atoms with van der Waals surface area (Å²) in [6, 6.07) is 3.84. The molecule has 2 amide bonds. The predicted octanol–water partition coefficient (Wildman–Crippen LogP) is 1.57. The Bertz CT molecular complexity index is 587. The number of hydrogen-bond donors (Lipinski definition) is 2. The van der Waals surface area contributed by atoms with Crippen LogP contribution in [0, 0.1) is 10.1 Å². The van der Waals surface area contributed by atoms with Crippen LogP contribution < -0.4 is 11.1 Å². The van der Waals surface area contributed by atoms with Gasteiger partial charge in [-0.1, -0.05) is 6.07 Å². The molecule has 0 fully saturated rings. The topological polar surface area (TPSA) is 115 Å². The number of nitrogens with zero attached hydrogens (tertiary/aromatic N) is 1. The van der Waals surface area contributed by atoms with Crippen LogP contribution in [0.15, 0.2) is 18.2 Å². The van der Waals surface area contributed by atoms with Crippen molar-refractivity contribution in [1.29, 1.82) is 0 Å². The van der Waals surface area contributed by atoms with Gasteiger partial charge in [-0.2, -0.15) is 11.8 Å². The number of rotatable bonds is 6. The van der Waals surface area contributed by atoms with Crippen molar-refractivity contribution in [2.45, 2.75) is 19.4 Å². The molecule has 0 atom stereocenters. The molecular formula is C13H17N3O4S. The maximum atomic E-state index is 12.3. The molecule has 0 aliphatic heterocycles. The first kappa shape index (κ1) is 17.0. The first-order chi connectivity index (χ1) is 9.69. The quantitative estimate of drug-likeness (QED) is 0.611. The Morgan fingerprint density at radius 1 is 1.43 bits per heavy atom. The third-order valence-corrected chi connectivity index (χ3v) is 3.70. The Labute approximate surface area is 126 Å². The van der Waals surface area contributed by atoms with Gasteiger partial charge < -0.3 is 11.1 Å². The van der Waals surface area contributed by atoms with Crippen molar-refractivity contribution < 1.29 is 14.5 Å². The molecule has 0 saturated heterocycles. The Morgan fingerprint density at radius 2 is 2.05 bits per heavy atom. The van der Waals surface area contributed by atoms with Gasteiger partial charge in [-0.15, -0.1) is 0 Å². The molecule has 0 spiro atoms. The molecule has 0 aromatic heterocycles. The minimum absolute atomic E-state index is 0.0918.